The van der Waals surface area contributed by atoms with E-state index < -0.39 is 8.07 Å². The summed E-state index contributed by atoms with van der Waals surface area (Å²) in [7, 11) is -1.41. The Kier molecular flexibility index (Phi) is 5.19. The first-order valence-electron chi connectivity index (χ1n) is 10.8. The first kappa shape index (κ1) is 20.0. The molecule has 0 saturated heterocycles. The fourth-order valence-electron chi connectivity index (χ4n) is 4.60. The van der Waals surface area contributed by atoms with E-state index in [0.29, 0.717) is 16.7 Å². The van der Waals surface area contributed by atoms with Gasteiger partial charge in [0.2, 0.25) is 0 Å². The van der Waals surface area contributed by atoms with E-state index in [1.165, 1.54) is 11.6 Å². The number of nitrogens with zero attached hydrogens (tertiary/aromatic N) is 2. The maximum atomic E-state index is 13.6. The van der Waals surface area contributed by atoms with Crippen LogP contribution in [0.1, 0.15) is 55.8 Å². The Labute approximate surface area is 174 Å². The fraction of sp³-hybridized carbons (Fsp3) is 0.458. The molecule has 4 rings (SSSR count). The molecule has 1 aromatic carbocycles. The Morgan fingerprint density at radius 2 is 1.93 bits per heavy atom. The number of hydrogen-bond donors (Lipinski definition) is 1. The lowest BCUT2D eigenvalue weighted by molar-refractivity contribution is 0.0704. The van der Waals surface area contributed by atoms with Gasteiger partial charge in [0, 0.05) is 17.2 Å². The molecule has 0 bridgehead atoms. The number of aromatic nitrogens is 3. The normalized spacial score (nSPS) is 16.8. The van der Waals surface area contributed by atoms with Gasteiger partial charge in [-0.15, -0.1) is 0 Å². The van der Waals surface area contributed by atoms with Crippen LogP contribution in [0.2, 0.25) is 19.6 Å². The van der Waals surface area contributed by atoms with E-state index in [1.807, 2.05) is 12.4 Å². The lowest BCUT2D eigenvalue weighted by Gasteiger charge is -2.34. The molecule has 1 fully saturated rings. The molecule has 4 nitrogen and oxygen atoms in total. The van der Waals surface area contributed by atoms with Crippen molar-refractivity contribution in [3.05, 3.63) is 42.2 Å². The van der Waals surface area contributed by atoms with E-state index in [4.69, 9.17) is 4.98 Å². The number of nitrogens with one attached hydrogen (secondary N) is 1. The number of carbonyl (C=O) groups excluding carboxylic acids is 1. The lowest BCUT2D eigenvalue weighted by atomic mass is 9.68. The Morgan fingerprint density at radius 1 is 1.17 bits per heavy atom. The Hall–Kier alpha value is -2.27. The number of benzene rings is 1. The molecule has 1 N–H and O–H groups in total. The zero-order chi connectivity index (χ0) is 20.6. The highest BCUT2D eigenvalue weighted by atomic mass is 28.3. The van der Waals surface area contributed by atoms with Gasteiger partial charge in [0.05, 0.1) is 25.5 Å². The van der Waals surface area contributed by atoms with Crippen molar-refractivity contribution in [3.63, 3.8) is 0 Å². The number of carbonyl (C=O) groups is 1. The number of hydrogen-bond acceptors (Lipinski definition) is 3. The molecule has 0 amide bonds. The number of ketones is 1. The van der Waals surface area contributed by atoms with Crippen molar-refractivity contribution < 1.29 is 4.79 Å². The molecule has 0 aliphatic heterocycles. The van der Waals surface area contributed by atoms with Gasteiger partial charge in [-0.3, -0.25) is 4.79 Å². The molecule has 3 aromatic rings. The summed E-state index contributed by atoms with van der Waals surface area (Å²) in [4.78, 5) is 26.3. The van der Waals surface area contributed by atoms with Gasteiger partial charge >= 0.3 is 0 Å². The van der Waals surface area contributed by atoms with E-state index in [2.05, 4.69) is 60.8 Å². The van der Waals surface area contributed by atoms with E-state index in [0.717, 1.165) is 43.4 Å². The molecule has 1 aliphatic carbocycles. The topological polar surface area (TPSA) is 58.6 Å². The van der Waals surface area contributed by atoms with Crippen molar-refractivity contribution in [2.45, 2.75) is 65.1 Å². The molecular weight excluding hydrogens is 374 g/mol. The molecule has 0 radical (unpaired) electrons. The SMILES string of the molecule is CCC1(C(=O)c2c[nH]c3ncc(-c4cccc([Si](C)(C)C)c4)nc23)CCCCC1. The molecule has 2 aromatic heterocycles. The van der Waals surface area contributed by atoms with Crippen LogP contribution in [-0.2, 0) is 0 Å². The van der Waals surface area contributed by atoms with E-state index in [9.17, 15) is 4.79 Å². The van der Waals surface area contributed by atoms with Gasteiger partial charge in [-0.1, -0.05) is 75.3 Å². The molecule has 0 unspecified atom stereocenters. The van der Waals surface area contributed by atoms with Crippen molar-refractivity contribution in [2.75, 3.05) is 0 Å². The molecule has 1 aliphatic rings. The van der Waals surface area contributed by atoms with E-state index in [-0.39, 0.29) is 11.2 Å². The maximum Gasteiger partial charge on any atom is 0.172 e. The first-order chi connectivity index (χ1) is 13.8. The zero-order valence-electron chi connectivity index (χ0n) is 18.0. The summed E-state index contributed by atoms with van der Waals surface area (Å²) in [6, 6.07) is 8.64. The highest BCUT2D eigenvalue weighted by molar-refractivity contribution is 6.88. The molecule has 29 heavy (non-hydrogen) atoms. The van der Waals surface area contributed by atoms with Crippen molar-refractivity contribution >= 4 is 30.2 Å². The largest absolute Gasteiger partial charge is 0.344 e. The van der Waals surface area contributed by atoms with Crippen LogP contribution < -0.4 is 5.19 Å². The number of rotatable bonds is 5. The van der Waals surface area contributed by atoms with Crippen LogP contribution in [0.15, 0.2) is 36.7 Å². The summed E-state index contributed by atoms with van der Waals surface area (Å²) in [5.41, 5.74) is 3.79. The van der Waals surface area contributed by atoms with Gasteiger partial charge in [-0.05, 0) is 19.3 Å². The number of Topliss-reactive ketones (excluding diaryl/α,β-unsaturated/α-hetero) is 1. The van der Waals surface area contributed by atoms with Crippen molar-refractivity contribution in [1.82, 2.24) is 15.0 Å². The standard InChI is InChI=1S/C24H31N3OSi/c1-5-24(12-7-6-8-13-24)22(28)19-15-25-23-21(19)27-20(16-26-23)17-10-9-11-18(14-17)29(2,3)4/h9-11,14-16H,5-8,12-13H2,1-4H3,(H,25,26). The van der Waals surface area contributed by atoms with Crippen LogP contribution >= 0.6 is 0 Å². The summed E-state index contributed by atoms with van der Waals surface area (Å²) in [5.74, 6) is 0.244. The average Bonchev–Trinajstić information content (AvgIpc) is 3.16. The smallest absolute Gasteiger partial charge is 0.172 e. The highest BCUT2D eigenvalue weighted by Crippen LogP contribution is 2.42. The van der Waals surface area contributed by atoms with Crippen LogP contribution in [-0.4, -0.2) is 28.8 Å². The van der Waals surface area contributed by atoms with Crippen molar-refractivity contribution in [2.24, 2.45) is 5.41 Å². The molecule has 152 valence electrons. The van der Waals surface area contributed by atoms with E-state index >= 15 is 0 Å². The minimum atomic E-state index is -1.41. The molecule has 0 spiro atoms. The van der Waals surface area contributed by atoms with Gasteiger partial charge in [-0.25, -0.2) is 9.97 Å². The average molecular weight is 406 g/mol. The number of fused-ring (bicyclic) bond motifs is 1. The molecule has 5 heteroatoms. The van der Waals surface area contributed by atoms with Crippen molar-refractivity contribution in [1.29, 1.82) is 0 Å². The second kappa shape index (κ2) is 7.52. The monoisotopic (exact) mass is 405 g/mol. The fourth-order valence-corrected chi connectivity index (χ4v) is 5.79. The third-order valence-corrected chi connectivity index (χ3v) is 8.66. The predicted octanol–water partition coefficient (Wildman–Crippen LogP) is 5.71. The third kappa shape index (κ3) is 3.68. The molecule has 0 atom stereocenters. The van der Waals surface area contributed by atoms with Gasteiger partial charge in [-0.2, -0.15) is 0 Å². The summed E-state index contributed by atoms with van der Waals surface area (Å²) < 4.78 is 0. The molecule has 2 heterocycles. The minimum Gasteiger partial charge on any atom is -0.344 e. The Morgan fingerprint density at radius 3 is 2.62 bits per heavy atom. The van der Waals surface area contributed by atoms with Gasteiger partial charge in [0.1, 0.15) is 5.52 Å². The van der Waals surface area contributed by atoms with Crippen LogP contribution in [0.3, 0.4) is 0 Å². The molecular formula is C24H31N3OSi. The summed E-state index contributed by atoms with van der Waals surface area (Å²) in [5, 5.41) is 1.40. The van der Waals surface area contributed by atoms with E-state index in [1.54, 1.807) is 0 Å². The third-order valence-electron chi connectivity index (χ3n) is 6.62. The quantitative estimate of drug-likeness (QED) is 0.437. The Balaban J connectivity index is 1.77. The first-order valence-corrected chi connectivity index (χ1v) is 14.3. The summed E-state index contributed by atoms with van der Waals surface area (Å²) >= 11 is 0. The van der Waals surface area contributed by atoms with Gasteiger partial charge < -0.3 is 4.98 Å². The number of H-pyrrole nitrogens is 1. The summed E-state index contributed by atoms with van der Waals surface area (Å²) in [6.45, 7) is 9.19. The van der Waals surface area contributed by atoms with Gasteiger partial charge in [0.25, 0.3) is 0 Å². The predicted molar refractivity (Wildman–Crippen MR) is 122 cm³/mol. The van der Waals surface area contributed by atoms with Gasteiger partial charge in [0.15, 0.2) is 11.4 Å². The second-order valence-electron chi connectivity index (χ2n) is 9.51. The molecule has 1 saturated carbocycles. The van der Waals surface area contributed by atoms with Crippen molar-refractivity contribution in [3.8, 4) is 11.3 Å². The maximum absolute atomic E-state index is 13.6. The zero-order valence-corrected chi connectivity index (χ0v) is 19.0. The number of aromatic amines is 1. The minimum absolute atomic E-state index is 0.233. The van der Waals surface area contributed by atoms with Crippen LogP contribution in [0.4, 0.5) is 0 Å². The van der Waals surface area contributed by atoms with Crippen LogP contribution in [0.5, 0.6) is 0 Å². The second-order valence-corrected chi connectivity index (χ2v) is 14.6. The highest BCUT2D eigenvalue weighted by Gasteiger charge is 2.39. The van der Waals surface area contributed by atoms with Crippen LogP contribution in [0, 0.1) is 5.41 Å². The van der Waals surface area contributed by atoms with Crippen LogP contribution in [0.25, 0.3) is 22.4 Å². The lowest BCUT2D eigenvalue weighted by Crippen LogP contribution is -2.37. The Bertz CT molecular complexity index is 1040. The summed E-state index contributed by atoms with van der Waals surface area (Å²) in [6.07, 6.45) is 10.0.